The molecule has 0 saturated heterocycles. The maximum atomic E-state index is 15.7. The molecule has 0 aliphatic heterocycles. The van der Waals surface area contributed by atoms with Crippen LogP contribution in [0.3, 0.4) is 0 Å². The van der Waals surface area contributed by atoms with Crippen LogP contribution in [-0.2, 0) is 14.9 Å². The van der Waals surface area contributed by atoms with Crippen molar-refractivity contribution in [3.05, 3.63) is 59.4 Å². The second-order valence-electron chi connectivity index (χ2n) is 8.76. The fourth-order valence-corrected chi connectivity index (χ4v) is 5.04. The molecule has 2 aliphatic rings. The van der Waals surface area contributed by atoms with Crippen molar-refractivity contribution in [2.45, 2.75) is 57.3 Å². The van der Waals surface area contributed by atoms with Crippen LogP contribution in [0.25, 0.3) is 0 Å². The zero-order valence-corrected chi connectivity index (χ0v) is 18.2. The molecule has 3 rings (SSSR count). The number of aliphatic carboxylic acids is 1. The minimum absolute atomic E-state index is 0.0272. The van der Waals surface area contributed by atoms with Gasteiger partial charge in [0.15, 0.2) is 0 Å². The normalized spacial score (nSPS) is 28.0. The van der Waals surface area contributed by atoms with Crippen molar-refractivity contribution >= 4 is 5.97 Å². The number of hydrogen-bond acceptors (Lipinski definition) is 3. The molecule has 166 valence electrons. The van der Waals surface area contributed by atoms with E-state index in [1.54, 1.807) is 30.4 Å². The highest BCUT2D eigenvalue weighted by molar-refractivity contribution is 5.75. The molecule has 1 N–H and O–H groups in total. The molecule has 4 nitrogen and oxygen atoms in total. The fourth-order valence-electron chi connectivity index (χ4n) is 5.04. The molecule has 1 fully saturated rings. The summed E-state index contributed by atoms with van der Waals surface area (Å²) < 4.78 is 21.6. The zero-order chi connectivity index (χ0) is 22.3. The number of allylic oxidation sites excluding steroid dienone is 2. The third kappa shape index (κ3) is 5.07. The summed E-state index contributed by atoms with van der Waals surface area (Å²) in [6.07, 6.45) is 11.4. The van der Waals surface area contributed by atoms with Gasteiger partial charge in [-0.2, -0.15) is 5.26 Å². The van der Waals surface area contributed by atoms with Gasteiger partial charge >= 0.3 is 5.97 Å². The van der Waals surface area contributed by atoms with Gasteiger partial charge in [0.25, 0.3) is 0 Å². The molecule has 1 saturated carbocycles. The van der Waals surface area contributed by atoms with Gasteiger partial charge < -0.3 is 9.84 Å². The lowest BCUT2D eigenvalue weighted by Gasteiger charge is -2.43. The molecular formula is C26H32FNO3. The minimum Gasteiger partial charge on any atom is -0.481 e. The first-order chi connectivity index (χ1) is 15.0. The van der Waals surface area contributed by atoms with E-state index >= 15 is 4.39 Å². The van der Waals surface area contributed by atoms with E-state index in [4.69, 9.17) is 4.74 Å². The number of unbranched alkanes of at least 4 members (excludes halogenated alkanes) is 2. The molecule has 0 heterocycles. The molecule has 1 aromatic rings. The van der Waals surface area contributed by atoms with Gasteiger partial charge in [-0.3, -0.25) is 4.79 Å². The number of nitrogens with zero attached hydrogens (tertiary/aromatic N) is 1. The molecule has 0 radical (unpaired) electrons. The number of halogens is 1. The Morgan fingerprint density at radius 1 is 1.26 bits per heavy atom. The van der Waals surface area contributed by atoms with Crippen molar-refractivity contribution in [1.29, 1.82) is 5.26 Å². The van der Waals surface area contributed by atoms with Crippen LogP contribution in [0.5, 0.6) is 0 Å². The van der Waals surface area contributed by atoms with Crippen LogP contribution in [0.2, 0.25) is 0 Å². The first-order valence-electron chi connectivity index (χ1n) is 11.4. The third-order valence-electron chi connectivity index (χ3n) is 6.80. The van der Waals surface area contributed by atoms with Crippen molar-refractivity contribution in [2.75, 3.05) is 13.2 Å². The maximum absolute atomic E-state index is 15.7. The van der Waals surface area contributed by atoms with Crippen molar-refractivity contribution in [1.82, 2.24) is 0 Å². The van der Waals surface area contributed by atoms with Crippen molar-refractivity contribution in [2.24, 2.45) is 17.8 Å². The summed E-state index contributed by atoms with van der Waals surface area (Å²) in [7, 11) is 0. The SMILES string of the molecule is CCCCCOCC1CCC(C2(c3ccccc3C#N)C=CC(C(=O)O)C=C2F)CC1. The average Bonchev–Trinajstić information content (AvgIpc) is 2.79. The molecule has 5 heteroatoms. The molecule has 0 spiro atoms. The van der Waals surface area contributed by atoms with Crippen LogP contribution < -0.4 is 0 Å². The van der Waals surface area contributed by atoms with Crippen molar-refractivity contribution in [3.8, 4) is 6.07 Å². The van der Waals surface area contributed by atoms with Gasteiger partial charge in [-0.25, -0.2) is 4.39 Å². The summed E-state index contributed by atoms with van der Waals surface area (Å²) in [5.74, 6) is -2.06. The smallest absolute Gasteiger partial charge is 0.314 e. The van der Waals surface area contributed by atoms with Crippen LogP contribution in [0.4, 0.5) is 4.39 Å². The number of carboxylic acids is 1. The van der Waals surface area contributed by atoms with Crippen molar-refractivity contribution in [3.63, 3.8) is 0 Å². The minimum atomic E-state index is -1.08. The highest BCUT2D eigenvalue weighted by Crippen LogP contribution is 2.51. The molecule has 2 unspecified atom stereocenters. The highest BCUT2D eigenvalue weighted by Gasteiger charge is 2.47. The van der Waals surface area contributed by atoms with E-state index in [-0.39, 0.29) is 5.92 Å². The summed E-state index contributed by atoms with van der Waals surface area (Å²) in [6, 6.07) is 9.30. The lowest BCUT2D eigenvalue weighted by atomic mass is 9.60. The van der Waals surface area contributed by atoms with Crippen LogP contribution in [0.1, 0.15) is 63.0 Å². The molecule has 31 heavy (non-hydrogen) atoms. The van der Waals surface area contributed by atoms with E-state index in [1.165, 1.54) is 18.9 Å². The van der Waals surface area contributed by atoms with Gasteiger partial charge in [0, 0.05) is 13.2 Å². The maximum Gasteiger partial charge on any atom is 0.314 e. The first kappa shape index (κ1) is 23.2. The van der Waals surface area contributed by atoms with E-state index in [0.29, 0.717) is 17.0 Å². The van der Waals surface area contributed by atoms with E-state index in [2.05, 4.69) is 13.0 Å². The molecule has 2 atom stereocenters. The molecule has 0 amide bonds. The lowest BCUT2D eigenvalue weighted by molar-refractivity contribution is -0.138. The van der Waals surface area contributed by atoms with Gasteiger partial charge in [0.05, 0.1) is 23.0 Å². The summed E-state index contributed by atoms with van der Waals surface area (Å²) >= 11 is 0. The van der Waals surface area contributed by atoms with Crippen molar-refractivity contribution < 1.29 is 19.0 Å². The topological polar surface area (TPSA) is 70.3 Å². The predicted octanol–water partition coefficient (Wildman–Crippen LogP) is 5.93. The molecule has 0 bridgehead atoms. The quantitative estimate of drug-likeness (QED) is 0.393. The zero-order valence-electron chi connectivity index (χ0n) is 18.2. The number of carbonyl (C=O) groups is 1. The number of rotatable bonds is 9. The first-order valence-corrected chi connectivity index (χ1v) is 11.4. The Morgan fingerprint density at radius 2 is 2.00 bits per heavy atom. The Hall–Kier alpha value is -2.45. The molecular weight excluding hydrogens is 393 g/mol. The van der Waals surface area contributed by atoms with Gasteiger partial charge in [0.1, 0.15) is 5.83 Å². The Kier molecular flexibility index (Phi) is 8.03. The van der Waals surface area contributed by atoms with Gasteiger partial charge in [-0.05, 0) is 61.6 Å². The van der Waals surface area contributed by atoms with E-state index in [1.807, 2.05) is 6.07 Å². The molecule has 1 aromatic carbocycles. The third-order valence-corrected chi connectivity index (χ3v) is 6.80. The van der Waals surface area contributed by atoms with Gasteiger partial charge in [-0.1, -0.05) is 50.1 Å². The van der Waals surface area contributed by atoms with Gasteiger partial charge in [0.2, 0.25) is 0 Å². The van der Waals surface area contributed by atoms with Crippen LogP contribution in [0.15, 0.2) is 48.3 Å². The summed E-state index contributed by atoms with van der Waals surface area (Å²) in [4.78, 5) is 11.4. The Labute approximate surface area is 184 Å². The average molecular weight is 426 g/mol. The Balaban J connectivity index is 1.80. The highest BCUT2D eigenvalue weighted by atomic mass is 19.1. The predicted molar refractivity (Wildman–Crippen MR) is 118 cm³/mol. The fraction of sp³-hybridized carbons (Fsp3) is 0.538. The second kappa shape index (κ2) is 10.7. The van der Waals surface area contributed by atoms with E-state index in [9.17, 15) is 15.2 Å². The van der Waals surface area contributed by atoms with E-state index < -0.39 is 23.1 Å². The second-order valence-corrected chi connectivity index (χ2v) is 8.76. The monoisotopic (exact) mass is 425 g/mol. The van der Waals surface area contributed by atoms with Crippen LogP contribution >= 0.6 is 0 Å². The number of benzene rings is 1. The molecule has 0 aromatic heterocycles. The van der Waals surface area contributed by atoms with Crippen LogP contribution in [-0.4, -0.2) is 24.3 Å². The number of carboxylic acid groups (broad SMARTS) is 1. The Bertz CT molecular complexity index is 864. The van der Waals surface area contributed by atoms with E-state index in [0.717, 1.165) is 45.3 Å². The standard InChI is InChI=1S/C26H32FNO3/c1-2-3-6-15-31-18-19-9-11-22(12-10-19)26(23-8-5-4-7-21(23)17-28)14-13-20(25(29)30)16-24(26)27/h4-5,7-8,13-14,16,19-20,22H,2-3,6,9-12,15,18H2,1H3,(H,29,30). The summed E-state index contributed by atoms with van der Waals surface area (Å²) in [5, 5.41) is 19.0. The number of ether oxygens (including phenoxy) is 1. The lowest BCUT2D eigenvalue weighted by Crippen LogP contribution is -2.40. The van der Waals surface area contributed by atoms with Crippen LogP contribution in [0, 0.1) is 29.1 Å². The summed E-state index contributed by atoms with van der Waals surface area (Å²) in [5.41, 5.74) is -0.0120. The summed E-state index contributed by atoms with van der Waals surface area (Å²) in [6.45, 7) is 3.71. The Morgan fingerprint density at radius 3 is 2.65 bits per heavy atom. The number of nitriles is 1. The molecule has 2 aliphatic carbocycles. The largest absolute Gasteiger partial charge is 0.481 e. The van der Waals surface area contributed by atoms with Gasteiger partial charge in [-0.15, -0.1) is 0 Å². The number of hydrogen-bond donors (Lipinski definition) is 1.